The molecule has 2 rings (SSSR count). The summed E-state index contributed by atoms with van der Waals surface area (Å²) < 4.78 is 15.7. The summed E-state index contributed by atoms with van der Waals surface area (Å²) in [4.78, 5) is 12.1. The zero-order valence-corrected chi connectivity index (χ0v) is 13.1. The topological polar surface area (TPSA) is 34.9 Å². The highest BCUT2D eigenvalue weighted by atomic mass is 79.9. The van der Waals surface area contributed by atoms with Crippen LogP contribution in [0.1, 0.15) is 23.9 Å². The van der Waals surface area contributed by atoms with Gasteiger partial charge in [-0.2, -0.15) is 5.10 Å². The Morgan fingerprint density at radius 2 is 2.15 bits per heavy atom. The van der Waals surface area contributed by atoms with Gasteiger partial charge in [0.15, 0.2) is 0 Å². The molecule has 0 N–H and O–H groups in total. The van der Waals surface area contributed by atoms with Crippen LogP contribution in [0.3, 0.4) is 0 Å². The molecule has 1 heterocycles. The minimum atomic E-state index is -0.315. The van der Waals surface area contributed by atoms with Gasteiger partial charge in [-0.25, -0.2) is 4.39 Å². The molecule has 0 unspecified atom stereocenters. The van der Waals surface area contributed by atoms with E-state index in [0.29, 0.717) is 12.0 Å². The van der Waals surface area contributed by atoms with Crippen LogP contribution in [0.25, 0.3) is 0 Å². The van der Waals surface area contributed by atoms with Crippen LogP contribution in [0, 0.1) is 5.82 Å². The van der Waals surface area contributed by atoms with Gasteiger partial charge in [0.05, 0.1) is 15.9 Å². The van der Waals surface area contributed by atoms with Gasteiger partial charge in [0, 0.05) is 19.9 Å². The summed E-state index contributed by atoms with van der Waals surface area (Å²) in [6.45, 7) is 2.02. The van der Waals surface area contributed by atoms with E-state index in [1.165, 1.54) is 12.1 Å². The molecule has 0 aliphatic rings. The molecular weight excluding hydrogens is 323 g/mol. The predicted octanol–water partition coefficient (Wildman–Crippen LogP) is 3.24. The molecule has 1 aromatic heterocycles. The van der Waals surface area contributed by atoms with Crippen LogP contribution in [0.5, 0.6) is 0 Å². The van der Waals surface area contributed by atoms with E-state index in [4.69, 9.17) is 0 Å². The lowest BCUT2D eigenvalue weighted by Crippen LogP contribution is -2.10. The summed E-state index contributed by atoms with van der Waals surface area (Å²) in [5, 5.41) is 4.36. The summed E-state index contributed by atoms with van der Waals surface area (Å²) in [6.07, 6.45) is 1.34. The first-order valence-electron chi connectivity index (χ1n) is 6.47. The number of benzene rings is 1. The Balaban J connectivity index is 2.10. The Labute approximate surface area is 125 Å². The second-order valence-electron chi connectivity index (χ2n) is 4.71. The van der Waals surface area contributed by atoms with E-state index < -0.39 is 0 Å². The molecular formula is C15H16BrFN2O. The molecule has 0 bridgehead atoms. The van der Waals surface area contributed by atoms with Crippen LogP contribution >= 0.6 is 15.9 Å². The smallest absolute Gasteiger partial charge is 0.143 e. The molecule has 20 heavy (non-hydrogen) atoms. The number of ketones is 1. The van der Waals surface area contributed by atoms with Crippen LogP contribution in [-0.2, 0) is 31.1 Å². The fourth-order valence-corrected chi connectivity index (χ4v) is 2.89. The van der Waals surface area contributed by atoms with Gasteiger partial charge < -0.3 is 0 Å². The first-order chi connectivity index (χ1) is 9.51. The molecule has 0 saturated carbocycles. The maximum Gasteiger partial charge on any atom is 0.143 e. The zero-order valence-electron chi connectivity index (χ0n) is 11.5. The monoisotopic (exact) mass is 338 g/mol. The summed E-state index contributed by atoms with van der Waals surface area (Å²) in [5.74, 6) is -0.271. The summed E-state index contributed by atoms with van der Waals surface area (Å²) in [5.41, 5.74) is 2.51. The van der Waals surface area contributed by atoms with E-state index in [-0.39, 0.29) is 18.0 Å². The van der Waals surface area contributed by atoms with Crippen LogP contribution < -0.4 is 0 Å². The van der Waals surface area contributed by atoms with Gasteiger partial charge in [-0.15, -0.1) is 0 Å². The van der Waals surface area contributed by atoms with E-state index in [1.807, 2.05) is 14.0 Å². The second kappa shape index (κ2) is 6.31. The van der Waals surface area contributed by atoms with Gasteiger partial charge >= 0.3 is 0 Å². The first kappa shape index (κ1) is 14.9. The number of nitrogens with zero attached hydrogens (tertiary/aromatic N) is 2. The molecule has 0 fully saturated rings. The van der Waals surface area contributed by atoms with E-state index in [2.05, 4.69) is 21.0 Å². The van der Waals surface area contributed by atoms with Gasteiger partial charge in [0.1, 0.15) is 11.6 Å². The molecule has 0 saturated heterocycles. The Morgan fingerprint density at radius 1 is 1.40 bits per heavy atom. The second-order valence-corrected chi connectivity index (χ2v) is 5.50. The molecule has 0 spiro atoms. The molecule has 0 aliphatic heterocycles. The number of Topliss-reactive ketones (excluding diaryl/α,β-unsaturated/α-hetero) is 1. The number of carbonyl (C=O) groups is 1. The van der Waals surface area contributed by atoms with Crippen LogP contribution in [0.2, 0.25) is 0 Å². The number of rotatable bonds is 5. The first-order valence-corrected chi connectivity index (χ1v) is 7.27. The predicted molar refractivity (Wildman–Crippen MR) is 79.1 cm³/mol. The fraction of sp³-hybridized carbons (Fsp3) is 0.333. The highest BCUT2D eigenvalue weighted by molar-refractivity contribution is 9.10. The Hall–Kier alpha value is -1.49. The van der Waals surface area contributed by atoms with Crippen LogP contribution in [0.4, 0.5) is 4.39 Å². The third-order valence-electron chi connectivity index (χ3n) is 3.16. The van der Waals surface area contributed by atoms with E-state index in [0.717, 1.165) is 22.3 Å². The van der Waals surface area contributed by atoms with Crippen LogP contribution in [-0.4, -0.2) is 15.6 Å². The van der Waals surface area contributed by atoms with Crippen molar-refractivity contribution in [1.82, 2.24) is 9.78 Å². The van der Waals surface area contributed by atoms with Crippen molar-refractivity contribution in [1.29, 1.82) is 0 Å². The molecule has 2 aromatic rings. The fourth-order valence-electron chi connectivity index (χ4n) is 2.14. The molecule has 0 atom stereocenters. The van der Waals surface area contributed by atoms with Crippen molar-refractivity contribution < 1.29 is 9.18 Å². The van der Waals surface area contributed by atoms with E-state index in [9.17, 15) is 9.18 Å². The zero-order chi connectivity index (χ0) is 14.7. The molecule has 5 heteroatoms. The van der Waals surface area contributed by atoms with Crippen molar-refractivity contribution in [2.24, 2.45) is 7.05 Å². The lowest BCUT2D eigenvalue weighted by Gasteiger charge is -2.03. The molecule has 0 amide bonds. The van der Waals surface area contributed by atoms with Gasteiger partial charge in [-0.05, 0) is 40.0 Å². The highest BCUT2D eigenvalue weighted by Crippen LogP contribution is 2.22. The normalized spacial score (nSPS) is 10.8. The Bertz CT molecular complexity index is 637. The lowest BCUT2D eigenvalue weighted by molar-refractivity contribution is -0.117. The average Bonchev–Trinajstić information content (AvgIpc) is 2.66. The summed E-state index contributed by atoms with van der Waals surface area (Å²) in [7, 11) is 1.83. The van der Waals surface area contributed by atoms with Gasteiger partial charge in [-0.3, -0.25) is 9.48 Å². The van der Waals surface area contributed by atoms with Crippen molar-refractivity contribution in [2.45, 2.75) is 26.2 Å². The summed E-state index contributed by atoms with van der Waals surface area (Å²) in [6, 6.07) is 6.15. The van der Waals surface area contributed by atoms with Gasteiger partial charge in [0.2, 0.25) is 0 Å². The Kier molecular flexibility index (Phi) is 4.70. The van der Waals surface area contributed by atoms with Crippen LogP contribution in [0.15, 0.2) is 28.7 Å². The third kappa shape index (κ3) is 3.33. The minimum absolute atomic E-state index is 0.0435. The van der Waals surface area contributed by atoms with Crippen molar-refractivity contribution in [3.63, 3.8) is 0 Å². The third-order valence-corrected chi connectivity index (χ3v) is 4.07. The van der Waals surface area contributed by atoms with Gasteiger partial charge in [0.25, 0.3) is 0 Å². The van der Waals surface area contributed by atoms with E-state index >= 15 is 0 Å². The molecule has 1 aromatic carbocycles. The number of halogens is 2. The number of hydrogen-bond acceptors (Lipinski definition) is 2. The van der Waals surface area contributed by atoms with E-state index in [1.54, 1.807) is 16.8 Å². The number of aromatic nitrogens is 2. The number of carbonyl (C=O) groups excluding carboxylic acids is 1. The lowest BCUT2D eigenvalue weighted by atomic mass is 10.1. The van der Waals surface area contributed by atoms with Crippen molar-refractivity contribution in [3.05, 3.63) is 51.5 Å². The summed E-state index contributed by atoms with van der Waals surface area (Å²) >= 11 is 3.49. The number of hydrogen-bond donors (Lipinski definition) is 0. The maximum atomic E-state index is 13.1. The SMILES string of the molecule is CCc1nn(C)c(CC(=O)Cc2cccc(F)c2)c1Br. The molecule has 0 radical (unpaired) electrons. The number of aryl methyl sites for hydroxylation is 2. The quantitative estimate of drug-likeness (QED) is 0.838. The average molecular weight is 339 g/mol. The van der Waals surface area contributed by atoms with Crippen molar-refractivity contribution in [3.8, 4) is 0 Å². The maximum absolute atomic E-state index is 13.1. The standard InChI is InChI=1S/C15H16BrFN2O/c1-3-13-15(16)14(19(2)18-13)9-12(20)8-10-5-4-6-11(17)7-10/h4-7H,3,8-9H2,1-2H3. The van der Waals surface area contributed by atoms with Gasteiger partial charge in [-0.1, -0.05) is 19.1 Å². The minimum Gasteiger partial charge on any atom is -0.299 e. The highest BCUT2D eigenvalue weighted by Gasteiger charge is 2.16. The molecule has 106 valence electrons. The molecule has 3 nitrogen and oxygen atoms in total. The largest absolute Gasteiger partial charge is 0.299 e. The Morgan fingerprint density at radius 3 is 2.75 bits per heavy atom. The van der Waals surface area contributed by atoms with Crippen molar-refractivity contribution in [2.75, 3.05) is 0 Å². The molecule has 0 aliphatic carbocycles. The van der Waals surface area contributed by atoms with Crippen molar-refractivity contribution >= 4 is 21.7 Å².